The third kappa shape index (κ3) is 3.08. The van der Waals surface area contributed by atoms with Crippen LogP contribution in [0.3, 0.4) is 0 Å². The van der Waals surface area contributed by atoms with Crippen LogP contribution in [0.25, 0.3) is 5.57 Å². The molecule has 0 fully saturated rings. The van der Waals surface area contributed by atoms with Crippen LogP contribution in [-0.4, -0.2) is 13.2 Å². The fourth-order valence-electron chi connectivity index (χ4n) is 0.959. The second-order valence-corrected chi connectivity index (χ2v) is 2.99. The van der Waals surface area contributed by atoms with Gasteiger partial charge in [0.2, 0.25) is 0 Å². The number of ether oxygens (including phenoxy) is 1. The molecule has 0 saturated carbocycles. The Balaban J connectivity index is 2.71. The summed E-state index contributed by atoms with van der Waals surface area (Å²) in [5.41, 5.74) is 1.89. The molecule has 0 aromatic heterocycles. The van der Waals surface area contributed by atoms with E-state index in [1.54, 1.807) is 7.11 Å². The summed E-state index contributed by atoms with van der Waals surface area (Å²) in [6, 6.07) is 9.91. The van der Waals surface area contributed by atoms with Crippen molar-refractivity contribution in [3.05, 3.63) is 42.5 Å². The van der Waals surface area contributed by atoms with Crippen LogP contribution in [0, 0.1) is 11.8 Å². The van der Waals surface area contributed by atoms with E-state index in [-0.39, 0.29) is 6.10 Å². The third-order valence-corrected chi connectivity index (χ3v) is 1.90. The van der Waals surface area contributed by atoms with Crippen molar-refractivity contribution in [1.82, 2.24) is 0 Å². The molecular formula is C13H14O. The van der Waals surface area contributed by atoms with Crippen molar-refractivity contribution in [2.24, 2.45) is 0 Å². The van der Waals surface area contributed by atoms with E-state index in [2.05, 4.69) is 18.4 Å². The van der Waals surface area contributed by atoms with Crippen LogP contribution < -0.4 is 0 Å². The maximum Gasteiger partial charge on any atom is 0.115 e. The minimum absolute atomic E-state index is 0.0459. The average Bonchev–Trinajstić information content (AvgIpc) is 2.26. The van der Waals surface area contributed by atoms with E-state index in [1.165, 1.54) is 0 Å². The summed E-state index contributed by atoms with van der Waals surface area (Å²) in [7, 11) is 1.64. The van der Waals surface area contributed by atoms with Gasteiger partial charge in [0.25, 0.3) is 0 Å². The molecule has 0 N–H and O–H groups in total. The number of methoxy groups -OCH3 is 1. The van der Waals surface area contributed by atoms with Crippen molar-refractivity contribution in [2.75, 3.05) is 7.11 Å². The van der Waals surface area contributed by atoms with E-state index in [9.17, 15) is 0 Å². The number of rotatable bonds is 2. The molecule has 0 heterocycles. The Morgan fingerprint density at radius 3 is 2.57 bits per heavy atom. The predicted molar refractivity (Wildman–Crippen MR) is 59.7 cm³/mol. The van der Waals surface area contributed by atoms with E-state index in [4.69, 9.17) is 4.74 Å². The van der Waals surface area contributed by atoms with E-state index in [1.807, 2.05) is 37.3 Å². The first kappa shape index (κ1) is 10.6. The van der Waals surface area contributed by atoms with Crippen LogP contribution in [-0.2, 0) is 4.74 Å². The summed E-state index contributed by atoms with van der Waals surface area (Å²) < 4.78 is 5.02. The van der Waals surface area contributed by atoms with Gasteiger partial charge in [-0.3, -0.25) is 0 Å². The molecule has 14 heavy (non-hydrogen) atoms. The first-order chi connectivity index (χ1) is 6.74. The van der Waals surface area contributed by atoms with Crippen LogP contribution in [0.5, 0.6) is 0 Å². The lowest BCUT2D eigenvalue weighted by molar-refractivity contribution is 0.163. The third-order valence-electron chi connectivity index (χ3n) is 1.90. The van der Waals surface area contributed by atoms with Crippen molar-refractivity contribution in [3.63, 3.8) is 0 Å². The van der Waals surface area contributed by atoms with Gasteiger partial charge in [0.05, 0.1) is 0 Å². The van der Waals surface area contributed by atoms with Gasteiger partial charge >= 0.3 is 0 Å². The zero-order valence-corrected chi connectivity index (χ0v) is 8.58. The Kier molecular flexibility index (Phi) is 3.97. The highest BCUT2D eigenvalue weighted by Crippen LogP contribution is 2.09. The Bertz CT molecular complexity index is 354. The van der Waals surface area contributed by atoms with Gasteiger partial charge < -0.3 is 4.74 Å². The highest BCUT2D eigenvalue weighted by molar-refractivity contribution is 5.76. The first-order valence-electron chi connectivity index (χ1n) is 4.52. The monoisotopic (exact) mass is 186 g/mol. The first-order valence-corrected chi connectivity index (χ1v) is 4.52. The van der Waals surface area contributed by atoms with Crippen molar-refractivity contribution < 1.29 is 4.74 Å². The van der Waals surface area contributed by atoms with Crippen LogP contribution in [0.15, 0.2) is 36.9 Å². The Labute approximate surface area is 85.4 Å². The minimum atomic E-state index is -0.0459. The molecule has 0 bridgehead atoms. The van der Waals surface area contributed by atoms with Gasteiger partial charge in [0.15, 0.2) is 0 Å². The number of hydrogen-bond acceptors (Lipinski definition) is 1. The zero-order chi connectivity index (χ0) is 10.4. The SMILES string of the molecule is C=C(C#CC(C)OC)c1ccccc1. The molecule has 1 aromatic rings. The fourth-order valence-corrected chi connectivity index (χ4v) is 0.959. The molecular weight excluding hydrogens is 172 g/mol. The molecule has 1 heteroatoms. The van der Waals surface area contributed by atoms with Gasteiger partial charge in [-0.1, -0.05) is 48.8 Å². The molecule has 1 rings (SSSR count). The largest absolute Gasteiger partial charge is 0.369 e. The normalized spacial score (nSPS) is 11.3. The van der Waals surface area contributed by atoms with E-state index in [0.29, 0.717) is 0 Å². The fraction of sp³-hybridized carbons (Fsp3) is 0.231. The molecule has 1 nitrogen and oxygen atoms in total. The predicted octanol–water partition coefficient (Wildman–Crippen LogP) is 2.74. The van der Waals surface area contributed by atoms with E-state index >= 15 is 0 Å². The number of benzene rings is 1. The minimum Gasteiger partial charge on any atom is -0.369 e. The molecule has 0 spiro atoms. The quantitative estimate of drug-likeness (QED) is 0.645. The standard InChI is InChI=1S/C13H14O/c1-11(9-10-12(2)14-3)13-7-5-4-6-8-13/h4-8,12H,1H2,2-3H3. The molecule has 1 atom stereocenters. The number of hydrogen-bond donors (Lipinski definition) is 0. The molecule has 1 aromatic carbocycles. The summed E-state index contributed by atoms with van der Waals surface area (Å²) in [4.78, 5) is 0. The summed E-state index contributed by atoms with van der Waals surface area (Å²) in [6.07, 6.45) is -0.0459. The lowest BCUT2D eigenvalue weighted by Crippen LogP contribution is -1.99. The van der Waals surface area contributed by atoms with Crippen LogP contribution in [0.1, 0.15) is 12.5 Å². The summed E-state index contributed by atoms with van der Waals surface area (Å²) in [5.74, 6) is 5.94. The summed E-state index contributed by atoms with van der Waals surface area (Å²) in [5, 5.41) is 0. The Morgan fingerprint density at radius 2 is 2.00 bits per heavy atom. The lowest BCUT2D eigenvalue weighted by Gasteiger charge is -1.99. The van der Waals surface area contributed by atoms with Crippen molar-refractivity contribution in [2.45, 2.75) is 13.0 Å². The van der Waals surface area contributed by atoms with Crippen LogP contribution >= 0.6 is 0 Å². The van der Waals surface area contributed by atoms with E-state index < -0.39 is 0 Å². The number of allylic oxidation sites excluding steroid dienone is 1. The maximum absolute atomic E-state index is 5.02. The second kappa shape index (κ2) is 5.26. The molecule has 0 aliphatic carbocycles. The van der Waals surface area contributed by atoms with Crippen LogP contribution in [0.4, 0.5) is 0 Å². The van der Waals surface area contributed by atoms with Gasteiger partial charge in [0, 0.05) is 12.7 Å². The van der Waals surface area contributed by atoms with E-state index in [0.717, 1.165) is 11.1 Å². The molecule has 0 aliphatic rings. The van der Waals surface area contributed by atoms with Gasteiger partial charge in [0.1, 0.15) is 6.10 Å². The molecule has 1 unspecified atom stereocenters. The van der Waals surface area contributed by atoms with Gasteiger partial charge in [-0.2, -0.15) is 0 Å². The Morgan fingerprint density at radius 1 is 1.36 bits per heavy atom. The summed E-state index contributed by atoms with van der Waals surface area (Å²) in [6.45, 7) is 5.81. The Hall–Kier alpha value is -1.52. The smallest absolute Gasteiger partial charge is 0.115 e. The lowest BCUT2D eigenvalue weighted by atomic mass is 10.1. The average molecular weight is 186 g/mol. The molecule has 0 saturated heterocycles. The zero-order valence-electron chi connectivity index (χ0n) is 8.58. The highest BCUT2D eigenvalue weighted by Gasteiger charge is 1.94. The van der Waals surface area contributed by atoms with Crippen molar-refractivity contribution >= 4 is 5.57 Å². The highest BCUT2D eigenvalue weighted by atomic mass is 16.5. The van der Waals surface area contributed by atoms with Gasteiger partial charge in [-0.05, 0) is 12.5 Å². The van der Waals surface area contributed by atoms with Crippen LogP contribution in [0.2, 0.25) is 0 Å². The molecule has 0 radical (unpaired) electrons. The van der Waals surface area contributed by atoms with Gasteiger partial charge in [-0.25, -0.2) is 0 Å². The topological polar surface area (TPSA) is 9.23 Å². The van der Waals surface area contributed by atoms with Gasteiger partial charge in [-0.15, -0.1) is 0 Å². The van der Waals surface area contributed by atoms with Crippen molar-refractivity contribution in [3.8, 4) is 11.8 Å². The molecule has 72 valence electrons. The van der Waals surface area contributed by atoms with Crippen molar-refractivity contribution in [1.29, 1.82) is 0 Å². The summed E-state index contributed by atoms with van der Waals surface area (Å²) >= 11 is 0. The maximum atomic E-state index is 5.02. The molecule has 0 amide bonds. The molecule has 0 aliphatic heterocycles. The second-order valence-electron chi connectivity index (χ2n) is 2.99.